The van der Waals surface area contributed by atoms with Crippen molar-refractivity contribution in [3.05, 3.63) is 39.3 Å². The molecule has 1 amide bonds. The number of aryl methyl sites for hydroxylation is 2. The van der Waals surface area contributed by atoms with Gasteiger partial charge in [-0.1, -0.05) is 31.7 Å². The Morgan fingerprint density at radius 2 is 1.96 bits per heavy atom. The molecule has 0 fully saturated rings. The minimum atomic E-state index is 0.0785. The van der Waals surface area contributed by atoms with Gasteiger partial charge in [-0.05, 0) is 49.5 Å². The van der Waals surface area contributed by atoms with Gasteiger partial charge in [0.25, 0.3) is 0 Å². The first kappa shape index (κ1) is 18.9. The van der Waals surface area contributed by atoms with Crippen molar-refractivity contribution in [1.29, 1.82) is 0 Å². The first-order valence-electron chi connectivity index (χ1n) is 8.13. The highest BCUT2D eigenvalue weighted by Gasteiger charge is 2.19. The lowest BCUT2D eigenvalue weighted by Crippen LogP contribution is -2.31. The average Bonchev–Trinajstić information content (AvgIpc) is 3.05. The van der Waals surface area contributed by atoms with Crippen LogP contribution >= 0.6 is 23.1 Å². The molecular formula is C18H25N3OS2. The molecule has 2 heterocycles. The van der Waals surface area contributed by atoms with E-state index in [2.05, 4.69) is 35.2 Å². The molecule has 0 aliphatic carbocycles. The molecule has 6 heteroatoms. The maximum atomic E-state index is 12.4. The summed E-state index contributed by atoms with van der Waals surface area (Å²) in [6.07, 6.45) is 3.10. The molecule has 0 aromatic carbocycles. The van der Waals surface area contributed by atoms with Crippen LogP contribution < -0.4 is 5.32 Å². The molecule has 2 aromatic rings. The fourth-order valence-corrected chi connectivity index (χ4v) is 4.09. The first-order valence-corrected chi connectivity index (χ1v) is 10.2. The summed E-state index contributed by atoms with van der Waals surface area (Å²) in [6.45, 7) is 8.25. The summed E-state index contributed by atoms with van der Waals surface area (Å²) >= 11 is 3.23. The lowest BCUT2D eigenvalue weighted by Gasteiger charge is -2.21. The van der Waals surface area contributed by atoms with Crippen molar-refractivity contribution < 1.29 is 4.79 Å². The van der Waals surface area contributed by atoms with Crippen LogP contribution in [0.3, 0.4) is 0 Å². The number of hydrogen-bond acceptors (Lipinski definition) is 5. The highest BCUT2D eigenvalue weighted by molar-refractivity contribution is 7.98. The van der Waals surface area contributed by atoms with Crippen molar-refractivity contribution in [1.82, 2.24) is 15.3 Å². The molecule has 130 valence electrons. The Hall–Kier alpha value is -1.40. The van der Waals surface area contributed by atoms with E-state index >= 15 is 0 Å². The summed E-state index contributed by atoms with van der Waals surface area (Å²) in [5, 5.41) is 6.01. The molecule has 2 rings (SSSR count). The number of carbonyl (C=O) groups excluding carboxylic acids is 1. The Balaban J connectivity index is 2.00. The van der Waals surface area contributed by atoms with Gasteiger partial charge in [0.1, 0.15) is 0 Å². The van der Waals surface area contributed by atoms with Crippen LogP contribution in [-0.4, -0.2) is 22.1 Å². The molecule has 1 N–H and O–H groups in total. The number of amides is 1. The summed E-state index contributed by atoms with van der Waals surface area (Å²) in [5.41, 5.74) is 3.02. The molecule has 2 aromatic heterocycles. The maximum absolute atomic E-state index is 12.4. The minimum absolute atomic E-state index is 0.0785. The van der Waals surface area contributed by atoms with Crippen molar-refractivity contribution in [2.75, 3.05) is 6.26 Å². The van der Waals surface area contributed by atoms with Crippen molar-refractivity contribution in [2.24, 2.45) is 5.92 Å². The van der Waals surface area contributed by atoms with Gasteiger partial charge in [0.05, 0.1) is 6.04 Å². The number of rotatable bonds is 7. The van der Waals surface area contributed by atoms with Gasteiger partial charge in [0, 0.05) is 22.7 Å². The standard InChI is InChI=1S/C18H25N3OS2/c1-11(2)17(15-7-6-10-24-15)21-16(22)9-8-14-12(3)19-18(23-5)20-13(14)4/h6-7,10-11,17H,8-9H2,1-5H3,(H,21,22)/t17-/m0/s1. The Morgan fingerprint density at radius 1 is 1.29 bits per heavy atom. The van der Waals surface area contributed by atoms with Crippen molar-refractivity contribution >= 4 is 29.0 Å². The summed E-state index contributed by atoms with van der Waals surface area (Å²) in [5.74, 6) is 0.440. The van der Waals surface area contributed by atoms with E-state index in [1.165, 1.54) is 16.6 Å². The largest absolute Gasteiger partial charge is 0.348 e. The Labute approximate surface area is 152 Å². The van der Waals surface area contributed by atoms with Crippen LogP contribution in [-0.2, 0) is 11.2 Å². The number of hydrogen-bond donors (Lipinski definition) is 1. The lowest BCUT2D eigenvalue weighted by molar-refractivity contribution is -0.122. The van der Waals surface area contributed by atoms with Gasteiger partial charge in [0.2, 0.25) is 5.91 Å². The van der Waals surface area contributed by atoms with E-state index in [-0.39, 0.29) is 11.9 Å². The van der Waals surface area contributed by atoms with E-state index in [0.29, 0.717) is 18.8 Å². The summed E-state index contributed by atoms with van der Waals surface area (Å²) in [6, 6.07) is 4.19. The smallest absolute Gasteiger partial charge is 0.220 e. The second-order valence-electron chi connectivity index (χ2n) is 6.16. The van der Waals surface area contributed by atoms with Gasteiger partial charge in [-0.15, -0.1) is 11.3 Å². The van der Waals surface area contributed by atoms with Gasteiger partial charge in [-0.25, -0.2) is 9.97 Å². The van der Waals surface area contributed by atoms with E-state index in [9.17, 15) is 4.79 Å². The van der Waals surface area contributed by atoms with Crippen LogP contribution in [0.15, 0.2) is 22.7 Å². The van der Waals surface area contributed by atoms with Gasteiger partial charge >= 0.3 is 0 Å². The molecule has 4 nitrogen and oxygen atoms in total. The Morgan fingerprint density at radius 3 is 2.46 bits per heavy atom. The predicted octanol–water partition coefficient (Wildman–Crippen LogP) is 4.32. The number of nitrogens with one attached hydrogen (secondary N) is 1. The first-order chi connectivity index (χ1) is 11.4. The molecule has 0 radical (unpaired) electrons. The normalized spacial score (nSPS) is 12.4. The number of thioether (sulfide) groups is 1. The van der Waals surface area contributed by atoms with Gasteiger partial charge in [-0.3, -0.25) is 4.79 Å². The van der Waals surface area contributed by atoms with Crippen LogP contribution in [0.2, 0.25) is 0 Å². The van der Waals surface area contributed by atoms with E-state index in [0.717, 1.165) is 22.1 Å². The summed E-state index contributed by atoms with van der Waals surface area (Å²) < 4.78 is 0. The fourth-order valence-electron chi connectivity index (χ4n) is 2.68. The maximum Gasteiger partial charge on any atom is 0.220 e. The van der Waals surface area contributed by atoms with Crippen LogP contribution in [0.25, 0.3) is 0 Å². The SMILES string of the molecule is CSc1nc(C)c(CCC(=O)N[C@H](c2cccs2)C(C)C)c(C)n1. The Bertz CT molecular complexity index is 661. The fraction of sp³-hybridized carbons (Fsp3) is 0.500. The second kappa shape index (κ2) is 8.62. The number of thiophene rings is 1. The number of aromatic nitrogens is 2. The van der Waals surface area contributed by atoms with Crippen LogP contribution in [0.4, 0.5) is 0 Å². The van der Waals surface area contributed by atoms with Crippen molar-refractivity contribution in [2.45, 2.75) is 51.7 Å². The highest BCUT2D eigenvalue weighted by atomic mass is 32.2. The third kappa shape index (κ3) is 4.80. The molecule has 0 bridgehead atoms. The van der Waals surface area contributed by atoms with E-state index in [4.69, 9.17) is 0 Å². The molecule has 1 atom stereocenters. The zero-order valence-corrected chi connectivity index (χ0v) is 16.6. The van der Waals surface area contributed by atoms with Gasteiger partial charge in [0.15, 0.2) is 5.16 Å². The molecule has 0 saturated heterocycles. The lowest BCUT2D eigenvalue weighted by atomic mass is 10.0. The van der Waals surface area contributed by atoms with Crippen LogP contribution in [0, 0.1) is 19.8 Å². The van der Waals surface area contributed by atoms with Crippen molar-refractivity contribution in [3.63, 3.8) is 0 Å². The molecule has 0 spiro atoms. The van der Waals surface area contributed by atoms with E-state index in [1.54, 1.807) is 11.3 Å². The summed E-state index contributed by atoms with van der Waals surface area (Å²) in [4.78, 5) is 22.6. The summed E-state index contributed by atoms with van der Waals surface area (Å²) in [7, 11) is 0. The van der Waals surface area contributed by atoms with Crippen LogP contribution in [0.5, 0.6) is 0 Å². The Kier molecular flexibility index (Phi) is 6.80. The molecule has 0 saturated carbocycles. The monoisotopic (exact) mass is 363 g/mol. The molecular weight excluding hydrogens is 338 g/mol. The minimum Gasteiger partial charge on any atom is -0.348 e. The van der Waals surface area contributed by atoms with E-state index in [1.807, 2.05) is 31.5 Å². The number of nitrogens with zero attached hydrogens (tertiary/aromatic N) is 2. The average molecular weight is 364 g/mol. The third-order valence-corrected chi connectivity index (χ3v) is 5.52. The highest BCUT2D eigenvalue weighted by Crippen LogP contribution is 2.26. The van der Waals surface area contributed by atoms with E-state index < -0.39 is 0 Å². The predicted molar refractivity (Wildman–Crippen MR) is 102 cm³/mol. The number of carbonyl (C=O) groups is 1. The van der Waals surface area contributed by atoms with Gasteiger partial charge in [-0.2, -0.15) is 0 Å². The van der Waals surface area contributed by atoms with Gasteiger partial charge < -0.3 is 5.32 Å². The molecule has 0 unspecified atom stereocenters. The molecule has 24 heavy (non-hydrogen) atoms. The molecule has 0 aliphatic rings. The zero-order valence-electron chi connectivity index (χ0n) is 14.9. The van der Waals surface area contributed by atoms with Crippen molar-refractivity contribution in [3.8, 4) is 0 Å². The molecule has 0 aliphatic heterocycles. The zero-order chi connectivity index (χ0) is 17.7. The third-order valence-electron chi connectivity index (χ3n) is 4.02. The van der Waals surface area contributed by atoms with Crippen LogP contribution in [0.1, 0.15) is 48.1 Å². The topological polar surface area (TPSA) is 54.9 Å². The second-order valence-corrected chi connectivity index (χ2v) is 7.92. The quantitative estimate of drug-likeness (QED) is 0.588.